The van der Waals surface area contributed by atoms with E-state index in [-0.39, 0.29) is 0 Å². The first-order chi connectivity index (χ1) is 9.78. The number of hydrogen-bond acceptors (Lipinski definition) is 1. The minimum absolute atomic E-state index is 0.496. The van der Waals surface area contributed by atoms with Crippen LogP contribution in [-0.4, -0.2) is 7.05 Å². The van der Waals surface area contributed by atoms with E-state index in [1.165, 1.54) is 50.5 Å². The second-order valence-corrected chi connectivity index (χ2v) is 7.13. The Morgan fingerprint density at radius 2 is 1.70 bits per heavy atom. The Morgan fingerprint density at radius 3 is 2.40 bits per heavy atom. The molecule has 0 amide bonds. The Hall–Kier alpha value is -0.530. The van der Waals surface area contributed by atoms with Crippen molar-refractivity contribution in [3.63, 3.8) is 0 Å². The average Bonchev–Trinajstić information content (AvgIpc) is 2.50. The molecular formula is C18H26ClN. The summed E-state index contributed by atoms with van der Waals surface area (Å²) in [4.78, 5) is 0. The van der Waals surface area contributed by atoms with Crippen molar-refractivity contribution in [2.45, 2.75) is 51.0 Å². The van der Waals surface area contributed by atoms with Gasteiger partial charge in [-0.15, -0.1) is 0 Å². The maximum absolute atomic E-state index is 6.02. The molecule has 2 heteroatoms. The highest BCUT2D eigenvalue weighted by Crippen LogP contribution is 2.46. The summed E-state index contributed by atoms with van der Waals surface area (Å²) < 4.78 is 0. The van der Waals surface area contributed by atoms with E-state index in [9.17, 15) is 0 Å². The van der Waals surface area contributed by atoms with Crippen LogP contribution in [0.4, 0.5) is 0 Å². The Balaban J connectivity index is 1.71. The summed E-state index contributed by atoms with van der Waals surface area (Å²) in [6.45, 7) is 0. The monoisotopic (exact) mass is 291 g/mol. The van der Waals surface area contributed by atoms with Crippen molar-refractivity contribution in [2.75, 3.05) is 7.05 Å². The van der Waals surface area contributed by atoms with Gasteiger partial charge in [0.1, 0.15) is 0 Å². The van der Waals surface area contributed by atoms with E-state index in [2.05, 4.69) is 24.5 Å². The van der Waals surface area contributed by atoms with Gasteiger partial charge in [-0.3, -0.25) is 0 Å². The fourth-order valence-electron chi connectivity index (χ4n) is 4.56. The summed E-state index contributed by atoms with van der Waals surface area (Å²) in [6.07, 6.45) is 10.1. The molecular weight excluding hydrogens is 266 g/mol. The van der Waals surface area contributed by atoms with E-state index in [1.807, 2.05) is 12.1 Å². The van der Waals surface area contributed by atoms with Crippen molar-refractivity contribution in [1.29, 1.82) is 0 Å². The van der Waals surface area contributed by atoms with Gasteiger partial charge in [0.15, 0.2) is 0 Å². The third-order valence-electron chi connectivity index (χ3n) is 5.59. The van der Waals surface area contributed by atoms with Gasteiger partial charge in [-0.1, -0.05) is 49.4 Å². The predicted molar refractivity (Wildman–Crippen MR) is 86.0 cm³/mol. The molecule has 0 spiro atoms. The molecule has 0 aliphatic heterocycles. The summed E-state index contributed by atoms with van der Waals surface area (Å²) in [5.41, 5.74) is 1.40. The normalized spacial score (nSPS) is 31.6. The van der Waals surface area contributed by atoms with Crippen LogP contribution >= 0.6 is 11.6 Å². The second kappa shape index (κ2) is 6.49. The van der Waals surface area contributed by atoms with Crippen LogP contribution in [0.3, 0.4) is 0 Å². The van der Waals surface area contributed by atoms with Gasteiger partial charge in [-0.05, 0) is 61.8 Å². The molecule has 0 bridgehead atoms. The molecule has 0 radical (unpaired) electrons. The molecule has 0 aromatic heterocycles. The van der Waals surface area contributed by atoms with E-state index >= 15 is 0 Å². The van der Waals surface area contributed by atoms with E-state index in [0.29, 0.717) is 6.04 Å². The van der Waals surface area contributed by atoms with Crippen LogP contribution in [0.25, 0.3) is 0 Å². The van der Waals surface area contributed by atoms with Gasteiger partial charge in [0, 0.05) is 11.1 Å². The number of rotatable bonds is 3. The molecule has 2 fully saturated rings. The van der Waals surface area contributed by atoms with Gasteiger partial charge >= 0.3 is 0 Å². The standard InChI is InChI=1S/C18H26ClN/c1-20-18(14-8-10-17(19)11-9-14)16-7-6-13-4-2-3-5-15(13)12-16/h8-11,13,15-16,18,20H,2-7,12H2,1H3. The molecule has 4 unspecified atom stereocenters. The van der Waals surface area contributed by atoms with Crippen molar-refractivity contribution in [1.82, 2.24) is 5.32 Å². The smallest absolute Gasteiger partial charge is 0.0406 e. The van der Waals surface area contributed by atoms with Crippen LogP contribution in [-0.2, 0) is 0 Å². The molecule has 0 heterocycles. The zero-order valence-corrected chi connectivity index (χ0v) is 13.2. The topological polar surface area (TPSA) is 12.0 Å². The van der Waals surface area contributed by atoms with Crippen LogP contribution in [0.2, 0.25) is 5.02 Å². The van der Waals surface area contributed by atoms with Gasteiger partial charge in [-0.2, -0.15) is 0 Å². The summed E-state index contributed by atoms with van der Waals surface area (Å²) in [5.74, 6) is 2.81. The molecule has 0 saturated heterocycles. The van der Waals surface area contributed by atoms with Gasteiger partial charge in [-0.25, -0.2) is 0 Å². The summed E-state index contributed by atoms with van der Waals surface area (Å²) in [5, 5.41) is 4.39. The zero-order chi connectivity index (χ0) is 13.9. The number of benzene rings is 1. The Morgan fingerprint density at radius 1 is 1.00 bits per heavy atom. The minimum atomic E-state index is 0.496. The Kier molecular flexibility index (Phi) is 4.68. The van der Waals surface area contributed by atoms with E-state index in [0.717, 1.165) is 22.8 Å². The molecule has 20 heavy (non-hydrogen) atoms. The molecule has 2 aliphatic carbocycles. The zero-order valence-electron chi connectivity index (χ0n) is 12.4. The van der Waals surface area contributed by atoms with E-state index < -0.39 is 0 Å². The third-order valence-corrected chi connectivity index (χ3v) is 5.84. The molecule has 1 nitrogen and oxygen atoms in total. The molecule has 110 valence electrons. The van der Waals surface area contributed by atoms with Gasteiger partial charge in [0.25, 0.3) is 0 Å². The number of hydrogen-bond donors (Lipinski definition) is 1. The van der Waals surface area contributed by atoms with Crippen LogP contribution in [0.15, 0.2) is 24.3 Å². The molecule has 4 atom stereocenters. The summed E-state index contributed by atoms with van der Waals surface area (Å²) in [6, 6.07) is 8.92. The third kappa shape index (κ3) is 3.04. The molecule has 2 saturated carbocycles. The van der Waals surface area contributed by atoms with Crippen molar-refractivity contribution in [2.24, 2.45) is 17.8 Å². The van der Waals surface area contributed by atoms with Crippen LogP contribution < -0.4 is 5.32 Å². The first-order valence-corrected chi connectivity index (χ1v) is 8.58. The lowest BCUT2D eigenvalue weighted by atomic mass is 9.65. The number of halogens is 1. The molecule has 3 rings (SSSR count). The van der Waals surface area contributed by atoms with Crippen LogP contribution in [0.5, 0.6) is 0 Å². The minimum Gasteiger partial charge on any atom is -0.313 e. The SMILES string of the molecule is CNC(c1ccc(Cl)cc1)C1CCC2CCCCC2C1. The Labute approximate surface area is 128 Å². The van der Waals surface area contributed by atoms with E-state index in [1.54, 1.807) is 0 Å². The highest BCUT2D eigenvalue weighted by Gasteiger charge is 2.35. The Bertz CT molecular complexity index is 428. The number of fused-ring (bicyclic) bond motifs is 1. The highest BCUT2D eigenvalue weighted by molar-refractivity contribution is 6.30. The maximum Gasteiger partial charge on any atom is 0.0406 e. The largest absolute Gasteiger partial charge is 0.313 e. The van der Waals surface area contributed by atoms with E-state index in [4.69, 9.17) is 11.6 Å². The van der Waals surface area contributed by atoms with Crippen molar-refractivity contribution in [3.8, 4) is 0 Å². The predicted octanol–water partition coefficient (Wildman–Crippen LogP) is 5.21. The van der Waals surface area contributed by atoms with Gasteiger partial charge in [0.2, 0.25) is 0 Å². The number of nitrogens with one attached hydrogen (secondary N) is 1. The molecule has 2 aliphatic rings. The first kappa shape index (κ1) is 14.4. The quantitative estimate of drug-likeness (QED) is 0.806. The summed E-state index contributed by atoms with van der Waals surface area (Å²) in [7, 11) is 2.10. The highest BCUT2D eigenvalue weighted by atomic mass is 35.5. The molecule has 1 aromatic rings. The second-order valence-electron chi connectivity index (χ2n) is 6.70. The summed E-state index contributed by atoms with van der Waals surface area (Å²) >= 11 is 6.02. The molecule has 1 aromatic carbocycles. The maximum atomic E-state index is 6.02. The lowest BCUT2D eigenvalue weighted by Crippen LogP contribution is -2.34. The fraction of sp³-hybridized carbons (Fsp3) is 0.667. The fourth-order valence-corrected chi connectivity index (χ4v) is 4.68. The van der Waals surface area contributed by atoms with Crippen LogP contribution in [0, 0.1) is 17.8 Å². The van der Waals surface area contributed by atoms with Crippen molar-refractivity contribution >= 4 is 11.6 Å². The van der Waals surface area contributed by atoms with Crippen molar-refractivity contribution in [3.05, 3.63) is 34.9 Å². The van der Waals surface area contributed by atoms with Crippen LogP contribution in [0.1, 0.15) is 56.6 Å². The molecule has 1 N–H and O–H groups in total. The van der Waals surface area contributed by atoms with Crippen molar-refractivity contribution < 1.29 is 0 Å². The average molecular weight is 292 g/mol. The van der Waals surface area contributed by atoms with Gasteiger partial charge < -0.3 is 5.32 Å². The first-order valence-electron chi connectivity index (χ1n) is 8.20. The lowest BCUT2D eigenvalue weighted by molar-refractivity contribution is 0.111. The van der Waals surface area contributed by atoms with Gasteiger partial charge in [0.05, 0.1) is 0 Å². The lowest BCUT2D eigenvalue weighted by Gasteiger charge is -2.42.